The molecule has 0 aliphatic carbocycles. The lowest BCUT2D eigenvalue weighted by Gasteiger charge is -2.34. The van der Waals surface area contributed by atoms with Gasteiger partial charge in [0, 0.05) is 24.8 Å². The zero-order valence-electron chi connectivity index (χ0n) is 13.4. The van der Waals surface area contributed by atoms with Gasteiger partial charge in [0.1, 0.15) is 5.56 Å². The summed E-state index contributed by atoms with van der Waals surface area (Å²) in [6, 6.07) is 4.31. The maximum absolute atomic E-state index is 11.7. The van der Waals surface area contributed by atoms with Gasteiger partial charge in [-0.1, -0.05) is 0 Å². The number of rotatable bonds is 5. The third kappa shape index (κ3) is 4.17. The molecule has 0 radical (unpaired) electrons. The molecule has 2 atom stereocenters. The van der Waals surface area contributed by atoms with Crippen molar-refractivity contribution in [2.24, 2.45) is 0 Å². The Morgan fingerprint density at radius 2 is 2.30 bits per heavy atom. The van der Waals surface area contributed by atoms with Crippen LogP contribution in [0.5, 0.6) is 0 Å². The fourth-order valence-corrected chi connectivity index (χ4v) is 2.53. The van der Waals surface area contributed by atoms with E-state index < -0.39 is 10.9 Å². The van der Waals surface area contributed by atoms with Crippen LogP contribution in [0.1, 0.15) is 17.3 Å². The van der Waals surface area contributed by atoms with Gasteiger partial charge in [0.2, 0.25) is 0 Å². The van der Waals surface area contributed by atoms with Gasteiger partial charge < -0.3 is 19.7 Å². The second kappa shape index (κ2) is 7.38. The molecule has 8 heteroatoms. The quantitative estimate of drug-likeness (QED) is 0.498. The molecule has 0 aromatic heterocycles. The second-order valence-electron chi connectivity index (χ2n) is 5.59. The molecule has 1 fully saturated rings. The van der Waals surface area contributed by atoms with Crippen LogP contribution in [0, 0.1) is 10.1 Å². The molecule has 23 heavy (non-hydrogen) atoms. The number of hydrogen-bond donors (Lipinski definition) is 1. The van der Waals surface area contributed by atoms with E-state index in [9.17, 15) is 14.9 Å². The van der Waals surface area contributed by atoms with Crippen LogP contribution >= 0.6 is 0 Å². The van der Waals surface area contributed by atoms with Crippen molar-refractivity contribution >= 4 is 17.3 Å². The number of esters is 1. The van der Waals surface area contributed by atoms with Gasteiger partial charge in [0.05, 0.1) is 30.8 Å². The molecule has 1 saturated heterocycles. The molecule has 0 saturated carbocycles. The first kappa shape index (κ1) is 17.2. The van der Waals surface area contributed by atoms with Crippen LogP contribution in [-0.4, -0.2) is 61.8 Å². The highest BCUT2D eigenvalue weighted by Crippen LogP contribution is 2.24. The smallest absolute Gasteiger partial charge is 0.344 e. The van der Waals surface area contributed by atoms with E-state index in [1.54, 1.807) is 6.07 Å². The highest BCUT2D eigenvalue weighted by molar-refractivity contribution is 5.95. The van der Waals surface area contributed by atoms with E-state index in [0.717, 1.165) is 13.1 Å². The number of methoxy groups -OCH3 is 1. The van der Waals surface area contributed by atoms with E-state index >= 15 is 0 Å². The molecule has 1 heterocycles. The van der Waals surface area contributed by atoms with Crippen LogP contribution in [0.25, 0.3) is 0 Å². The van der Waals surface area contributed by atoms with Crippen molar-refractivity contribution in [3.8, 4) is 0 Å². The molecule has 1 aliphatic rings. The number of ether oxygens (including phenoxy) is 2. The maximum Gasteiger partial charge on any atom is 0.344 e. The minimum absolute atomic E-state index is 0.00511. The van der Waals surface area contributed by atoms with Crippen LogP contribution in [0.3, 0.4) is 0 Å². The molecule has 0 spiro atoms. The minimum Gasteiger partial charge on any atom is -0.465 e. The lowest BCUT2D eigenvalue weighted by molar-refractivity contribution is -0.385. The molecule has 1 aromatic carbocycles. The first-order valence-corrected chi connectivity index (χ1v) is 7.35. The predicted octanol–water partition coefficient (Wildman–Crippen LogP) is 1.51. The van der Waals surface area contributed by atoms with Crippen LogP contribution in [0.15, 0.2) is 18.2 Å². The predicted molar refractivity (Wildman–Crippen MR) is 84.8 cm³/mol. The van der Waals surface area contributed by atoms with E-state index in [2.05, 4.69) is 15.0 Å². The standard InChI is InChI=1S/C15H21N3O5/c1-10(14-9-17(2)6-7-23-14)16-11-4-5-13(18(20)21)12(8-11)15(19)22-3/h4-5,8,10,14,16H,6-7,9H2,1-3H3. The summed E-state index contributed by atoms with van der Waals surface area (Å²) in [6.45, 7) is 4.34. The Kier molecular flexibility index (Phi) is 5.51. The third-order valence-electron chi connectivity index (χ3n) is 3.85. The number of nitro groups is 1. The van der Waals surface area contributed by atoms with Gasteiger partial charge in [0.15, 0.2) is 0 Å². The topological polar surface area (TPSA) is 93.9 Å². The summed E-state index contributed by atoms with van der Waals surface area (Å²) in [4.78, 5) is 24.3. The average Bonchev–Trinajstić information content (AvgIpc) is 2.53. The Labute approximate surface area is 134 Å². The molecular weight excluding hydrogens is 302 g/mol. The number of carbonyl (C=O) groups is 1. The zero-order valence-corrected chi connectivity index (χ0v) is 13.4. The van der Waals surface area contributed by atoms with E-state index in [-0.39, 0.29) is 23.4 Å². The number of hydrogen-bond acceptors (Lipinski definition) is 7. The zero-order chi connectivity index (χ0) is 17.0. The molecule has 2 rings (SSSR count). The van der Waals surface area contributed by atoms with E-state index in [1.807, 2.05) is 14.0 Å². The third-order valence-corrected chi connectivity index (χ3v) is 3.85. The molecular formula is C15H21N3O5. The van der Waals surface area contributed by atoms with Crippen molar-refractivity contribution in [2.45, 2.75) is 19.1 Å². The number of likely N-dealkylation sites (N-methyl/N-ethyl adjacent to an activating group) is 1. The Morgan fingerprint density at radius 3 is 2.91 bits per heavy atom. The van der Waals surface area contributed by atoms with Crippen molar-refractivity contribution in [1.29, 1.82) is 0 Å². The molecule has 8 nitrogen and oxygen atoms in total. The average molecular weight is 323 g/mol. The summed E-state index contributed by atoms with van der Waals surface area (Å²) >= 11 is 0. The van der Waals surface area contributed by atoms with Crippen molar-refractivity contribution in [3.63, 3.8) is 0 Å². The van der Waals surface area contributed by atoms with Gasteiger partial charge in [-0.3, -0.25) is 10.1 Å². The van der Waals surface area contributed by atoms with Gasteiger partial charge in [-0.2, -0.15) is 0 Å². The van der Waals surface area contributed by atoms with Gasteiger partial charge in [0.25, 0.3) is 5.69 Å². The van der Waals surface area contributed by atoms with Crippen molar-refractivity contribution < 1.29 is 19.2 Å². The fraction of sp³-hybridized carbons (Fsp3) is 0.533. The number of carbonyl (C=O) groups excluding carboxylic acids is 1. The number of benzene rings is 1. The lowest BCUT2D eigenvalue weighted by Crippen LogP contribution is -2.47. The Morgan fingerprint density at radius 1 is 1.57 bits per heavy atom. The normalized spacial score (nSPS) is 19.9. The number of nitro benzene ring substituents is 1. The molecule has 1 aliphatic heterocycles. The van der Waals surface area contributed by atoms with Gasteiger partial charge in [-0.15, -0.1) is 0 Å². The monoisotopic (exact) mass is 323 g/mol. The maximum atomic E-state index is 11.7. The van der Waals surface area contributed by atoms with E-state index in [1.165, 1.54) is 19.2 Å². The minimum atomic E-state index is -0.735. The summed E-state index contributed by atoms with van der Waals surface area (Å²) in [5.41, 5.74) is 0.264. The lowest BCUT2D eigenvalue weighted by atomic mass is 10.1. The van der Waals surface area contributed by atoms with E-state index in [0.29, 0.717) is 12.3 Å². The molecule has 0 bridgehead atoms. The summed E-state index contributed by atoms with van der Waals surface area (Å²) in [7, 11) is 3.23. The van der Waals surface area contributed by atoms with Crippen LogP contribution in [-0.2, 0) is 9.47 Å². The SMILES string of the molecule is COC(=O)c1cc(NC(C)C2CN(C)CCO2)ccc1[N+](=O)[O-]. The Bertz CT molecular complexity index is 592. The van der Waals surface area contributed by atoms with Gasteiger partial charge in [-0.25, -0.2) is 4.79 Å². The molecule has 1 aromatic rings. The van der Waals surface area contributed by atoms with Gasteiger partial charge in [-0.05, 0) is 26.1 Å². The largest absolute Gasteiger partial charge is 0.465 e. The summed E-state index contributed by atoms with van der Waals surface area (Å²) in [6.07, 6.45) is 0.00511. The Hall–Kier alpha value is -2.19. The highest BCUT2D eigenvalue weighted by Gasteiger charge is 2.25. The number of nitrogens with zero attached hydrogens (tertiary/aromatic N) is 2. The van der Waals surface area contributed by atoms with Crippen LogP contribution in [0.4, 0.5) is 11.4 Å². The Balaban J connectivity index is 2.16. The molecule has 0 amide bonds. The highest BCUT2D eigenvalue weighted by atomic mass is 16.6. The second-order valence-corrected chi connectivity index (χ2v) is 5.59. The summed E-state index contributed by atoms with van der Waals surface area (Å²) in [5.74, 6) is -0.735. The van der Waals surface area contributed by atoms with Crippen molar-refractivity contribution in [2.75, 3.05) is 39.2 Å². The first-order valence-electron chi connectivity index (χ1n) is 7.35. The fourth-order valence-electron chi connectivity index (χ4n) is 2.53. The number of morpholine rings is 1. The molecule has 2 unspecified atom stereocenters. The van der Waals surface area contributed by atoms with E-state index in [4.69, 9.17) is 4.74 Å². The number of anilines is 1. The first-order chi connectivity index (χ1) is 10.9. The van der Waals surface area contributed by atoms with Crippen molar-refractivity contribution in [1.82, 2.24) is 4.90 Å². The van der Waals surface area contributed by atoms with Crippen molar-refractivity contribution in [3.05, 3.63) is 33.9 Å². The summed E-state index contributed by atoms with van der Waals surface area (Å²) < 4.78 is 10.4. The molecule has 126 valence electrons. The summed E-state index contributed by atoms with van der Waals surface area (Å²) in [5, 5.41) is 14.2. The van der Waals surface area contributed by atoms with Crippen LogP contribution < -0.4 is 5.32 Å². The number of nitrogens with one attached hydrogen (secondary N) is 1. The van der Waals surface area contributed by atoms with Crippen LogP contribution in [0.2, 0.25) is 0 Å². The van der Waals surface area contributed by atoms with Gasteiger partial charge >= 0.3 is 5.97 Å². The molecule has 1 N–H and O–H groups in total.